The standard InChI is InChI=1S/C6H8N2.C4H9/c1-2-6-5-7-3-4-8-6;1-4(2)3/h3-5H,2H2,1H3;1-3H3. The summed E-state index contributed by atoms with van der Waals surface area (Å²) in [4.78, 5) is 7.93. The van der Waals surface area contributed by atoms with E-state index < -0.39 is 0 Å². The normalized spacial score (nSPS) is 9.08. The predicted octanol–water partition coefficient (Wildman–Crippen LogP) is 2.66. The summed E-state index contributed by atoms with van der Waals surface area (Å²) in [6, 6.07) is 0. The molecular weight excluding hydrogens is 148 g/mol. The van der Waals surface area contributed by atoms with Crippen LogP contribution in [0.2, 0.25) is 0 Å². The topological polar surface area (TPSA) is 25.8 Å². The Morgan fingerprint density at radius 2 is 1.83 bits per heavy atom. The first kappa shape index (κ1) is 11.1. The molecule has 0 unspecified atom stereocenters. The fourth-order valence-electron chi connectivity index (χ4n) is 0.513. The summed E-state index contributed by atoms with van der Waals surface area (Å²) in [6.45, 7) is 8.31. The molecular formula is C10H17N2. The number of hydrogen-bond acceptors (Lipinski definition) is 2. The maximum atomic E-state index is 4.03. The van der Waals surface area contributed by atoms with Crippen LogP contribution in [0.15, 0.2) is 18.6 Å². The van der Waals surface area contributed by atoms with Crippen molar-refractivity contribution in [3.63, 3.8) is 0 Å². The average Bonchev–Trinajstić information content (AvgIpc) is 2.05. The van der Waals surface area contributed by atoms with E-state index in [1.165, 1.54) is 5.92 Å². The second-order valence-electron chi connectivity index (χ2n) is 3.05. The summed E-state index contributed by atoms with van der Waals surface area (Å²) in [7, 11) is 0. The number of aromatic nitrogens is 2. The fraction of sp³-hybridized carbons (Fsp3) is 0.500. The molecule has 1 rings (SSSR count). The van der Waals surface area contributed by atoms with Gasteiger partial charge in [0.05, 0.1) is 5.69 Å². The Labute approximate surface area is 75.1 Å². The van der Waals surface area contributed by atoms with Gasteiger partial charge in [0.1, 0.15) is 0 Å². The molecule has 0 amide bonds. The number of aryl methyl sites for hydroxylation is 1. The van der Waals surface area contributed by atoms with E-state index in [4.69, 9.17) is 0 Å². The zero-order valence-electron chi connectivity index (χ0n) is 8.33. The van der Waals surface area contributed by atoms with Gasteiger partial charge in [0, 0.05) is 18.6 Å². The van der Waals surface area contributed by atoms with Crippen molar-refractivity contribution in [1.82, 2.24) is 9.97 Å². The Balaban J connectivity index is 0.000000261. The predicted molar refractivity (Wildman–Crippen MR) is 51.7 cm³/mol. The molecule has 1 radical (unpaired) electrons. The van der Waals surface area contributed by atoms with Crippen LogP contribution in [-0.4, -0.2) is 9.97 Å². The Morgan fingerprint density at radius 1 is 1.25 bits per heavy atom. The van der Waals surface area contributed by atoms with Crippen LogP contribution in [0.4, 0.5) is 0 Å². The van der Waals surface area contributed by atoms with E-state index in [-0.39, 0.29) is 0 Å². The van der Waals surface area contributed by atoms with Crippen LogP contribution >= 0.6 is 0 Å². The van der Waals surface area contributed by atoms with Gasteiger partial charge in [-0.25, -0.2) is 0 Å². The molecule has 0 aliphatic rings. The Morgan fingerprint density at radius 3 is 2.08 bits per heavy atom. The van der Waals surface area contributed by atoms with Gasteiger partial charge >= 0.3 is 0 Å². The molecule has 67 valence electrons. The fourth-order valence-corrected chi connectivity index (χ4v) is 0.513. The lowest BCUT2D eigenvalue weighted by molar-refractivity contribution is 1.000. The summed E-state index contributed by atoms with van der Waals surface area (Å²) >= 11 is 0. The van der Waals surface area contributed by atoms with E-state index in [0.717, 1.165) is 12.1 Å². The van der Waals surface area contributed by atoms with E-state index in [9.17, 15) is 0 Å². The highest BCUT2D eigenvalue weighted by atomic mass is 14.8. The van der Waals surface area contributed by atoms with Crippen molar-refractivity contribution < 1.29 is 0 Å². The van der Waals surface area contributed by atoms with Crippen molar-refractivity contribution >= 4 is 0 Å². The summed E-state index contributed by atoms with van der Waals surface area (Å²) in [6.07, 6.45) is 6.13. The smallest absolute Gasteiger partial charge is 0.0583 e. The Kier molecular flexibility index (Phi) is 6.25. The van der Waals surface area contributed by atoms with Crippen LogP contribution in [0.3, 0.4) is 0 Å². The Bertz CT molecular complexity index is 180. The van der Waals surface area contributed by atoms with Crippen molar-refractivity contribution in [2.45, 2.75) is 34.1 Å². The van der Waals surface area contributed by atoms with Crippen LogP contribution in [0.5, 0.6) is 0 Å². The number of nitrogens with zero attached hydrogens (tertiary/aromatic N) is 2. The zero-order valence-corrected chi connectivity index (χ0v) is 8.33. The van der Waals surface area contributed by atoms with Crippen LogP contribution in [0, 0.1) is 5.92 Å². The molecule has 0 saturated carbocycles. The lowest BCUT2D eigenvalue weighted by atomic mass is 10.3. The minimum absolute atomic E-state index is 0.966. The molecule has 2 heteroatoms. The van der Waals surface area contributed by atoms with Crippen molar-refractivity contribution in [2.24, 2.45) is 0 Å². The molecule has 12 heavy (non-hydrogen) atoms. The lowest BCUT2D eigenvalue weighted by Crippen LogP contribution is -1.84. The van der Waals surface area contributed by atoms with E-state index >= 15 is 0 Å². The molecule has 1 aromatic heterocycles. The third-order valence-electron chi connectivity index (χ3n) is 0.979. The maximum Gasteiger partial charge on any atom is 0.0583 e. The van der Waals surface area contributed by atoms with Gasteiger partial charge in [0.25, 0.3) is 0 Å². The van der Waals surface area contributed by atoms with Gasteiger partial charge in [-0.15, -0.1) is 0 Å². The van der Waals surface area contributed by atoms with Crippen molar-refractivity contribution in [3.05, 3.63) is 30.2 Å². The first-order valence-electron chi connectivity index (χ1n) is 4.18. The van der Waals surface area contributed by atoms with Gasteiger partial charge in [-0.05, 0) is 12.3 Å². The van der Waals surface area contributed by atoms with E-state index in [1.807, 2.05) is 0 Å². The summed E-state index contributed by atoms with van der Waals surface area (Å²) in [5, 5.41) is 0. The molecule has 0 N–H and O–H groups in total. The SMILES string of the molecule is CCc1cnccn1.C[C](C)C. The maximum absolute atomic E-state index is 4.03. The highest BCUT2D eigenvalue weighted by Crippen LogP contribution is 1.87. The monoisotopic (exact) mass is 165 g/mol. The van der Waals surface area contributed by atoms with Gasteiger partial charge < -0.3 is 0 Å². The summed E-state index contributed by atoms with van der Waals surface area (Å²) < 4.78 is 0. The van der Waals surface area contributed by atoms with Crippen molar-refractivity contribution in [2.75, 3.05) is 0 Å². The minimum atomic E-state index is 0.966. The molecule has 0 fully saturated rings. The third-order valence-corrected chi connectivity index (χ3v) is 0.979. The number of rotatable bonds is 1. The van der Waals surface area contributed by atoms with Gasteiger partial charge in [0.2, 0.25) is 0 Å². The van der Waals surface area contributed by atoms with E-state index in [2.05, 4.69) is 37.7 Å². The quantitative estimate of drug-likeness (QED) is 0.639. The van der Waals surface area contributed by atoms with Crippen LogP contribution < -0.4 is 0 Å². The van der Waals surface area contributed by atoms with Crippen LogP contribution in [-0.2, 0) is 6.42 Å². The molecule has 0 spiro atoms. The molecule has 0 bridgehead atoms. The third kappa shape index (κ3) is 7.19. The molecule has 0 atom stereocenters. The second kappa shape index (κ2) is 6.77. The van der Waals surface area contributed by atoms with Crippen molar-refractivity contribution in [3.8, 4) is 0 Å². The largest absolute Gasteiger partial charge is 0.261 e. The summed E-state index contributed by atoms with van der Waals surface area (Å²) in [5.41, 5.74) is 1.05. The van der Waals surface area contributed by atoms with Crippen LogP contribution in [0.25, 0.3) is 0 Å². The highest BCUT2D eigenvalue weighted by Gasteiger charge is 1.82. The van der Waals surface area contributed by atoms with Gasteiger partial charge in [0.15, 0.2) is 0 Å². The summed E-state index contributed by atoms with van der Waals surface area (Å²) in [5.74, 6) is 1.42. The van der Waals surface area contributed by atoms with E-state index in [0.29, 0.717) is 0 Å². The molecule has 0 aliphatic heterocycles. The Hall–Kier alpha value is -0.920. The molecule has 1 aromatic rings. The molecule has 2 nitrogen and oxygen atoms in total. The van der Waals surface area contributed by atoms with Crippen LogP contribution in [0.1, 0.15) is 33.4 Å². The van der Waals surface area contributed by atoms with E-state index in [1.54, 1.807) is 18.6 Å². The molecule has 0 aromatic carbocycles. The minimum Gasteiger partial charge on any atom is -0.261 e. The van der Waals surface area contributed by atoms with Gasteiger partial charge in [-0.2, -0.15) is 0 Å². The highest BCUT2D eigenvalue weighted by molar-refractivity contribution is 4.92. The molecule has 0 saturated heterocycles. The first-order chi connectivity index (χ1) is 5.66. The van der Waals surface area contributed by atoms with Crippen molar-refractivity contribution in [1.29, 1.82) is 0 Å². The van der Waals surface area contributed by atoms with Gasteiger partial charge in [-0.3, -0.25) is 9.97 Å². The van der Waals surface area contributed by atoms with Gasteiger partial charge in [-0.1, -0.05) is 27.7 Å². The zero-order chi connectivity index (χ0) is 9.40. The number of hydrogen-bond donors (Lipinski definition) is 0. The average molecular weight is 165 g/mol. The molecule has 1 heterocycles. The lowest BCUT2D eigenvalue weighted by Gasteiger charge is -1.88. The first-order valence-corrected chi connectivity index (χ1v) is 4.18. The molecule has 0 aliphatic carbocycles. The second-order valence-corrected chi connectivity index (χ2v) is 3.05.